The summed E-state index contributed by atoms with van der Waals surface area (Å²) in [6, 6.07) is 9.87. The van der Waals surface area contributed by atoms with E-state index in [4.69, 9.17) is 11.6 Å². The van der Waals surface area contributed by atoms with Gasteiger partial charge in [0.15, 0.2) is 4.34 Å². The van der Waals surface area contributed by atoms with Crippen LogP contribution in [0.1, 0.15) is 0 Å². The minimum absolute atomic E-state index is 0.614. The van der Waals surface area contributed by atoms with Gasteiger partial charge in [0, 0.05) is 16.5 Å². The third-order valence-corrected chi connectivity index (χ3v) is 4.13. The van der Waals surface area contributed by atoms with Gasteiger partial charge in [0.2, 0.25) is 5.13 Å². The summed E-state index contributed by atoms with van der Waals surface area (Å²) in [6.07, 6.45) is 0. The van der Waals surface area contributed by atoms with Crippen LogP contribution in [0.4, 0.5) is 10.8 Å². The fourth-order valence-corrected chi connectivity index (χ4v) is 2.79. The SMILES string of the molecule is C=C(Cl)CSc1nnc(Nc2ccccc2)s1. The fraction of sp³-hybridized carbons (Fsp3) is 0.0909. The normalized spacial score (nSPS) is 10.2. The van der Waals surface area contributed by atoms with E-state index in [1.54, 1.807) is 0 Å². The number of hydrogen-bond acceptors (Lipinski definition) is 5. The molecule has 0 saturated heterocycles. The summed E-state index contributed by atoms with van der Waals surface area (Å²) in [7, 11) is 0. The van der Waals surface area contributed by atoms with Crippen molar-refractivity contribution in [3.63, 3.8) is 0 Å². The molecule has 0 aliphatic rings. The molecule has 0 amide bonds. The first-order valence-electron chi connectivity index (χ1n) is 4.86. The van der Waals surface area contributed by atoms with Gasteiger partial charge in [0.1, 0.15) is 0 Å². The Balaban J connectivity index is 1.97. The number of para-hydroxylation sites is 1. The van der Waals surface area contributed by atoms with E-state index >= 15 is 0 Å². The number of hydrogen-bond donors (Lipinski definition) is 1. The van der Waals surface area contributed by atoms with Gasteiger partial charge < -0.3 is 5.32 Å². The van der Waals surface area contributed by atoms with Crippen molar-refractivity contribution in [1.29, 1.82) is 0 Å². The van der Waals surface area contributed by atoms with E-state index in [2.05, 4.69) is 22.1 Å². The molecule has 2 rings (SSSR count). The van der Waals surface area contributed by atoms with Crippen LogP contribution in [-0.2, 0) is 0 Å². The Morgan fingerprint density at radius 3 is 2.82 bits per heavy atom. The Labute approximate surface area is 113 Å². The molecule has 0 aliphatic carbocycles. The fourth-order valence-electron chi connectivity index (χ4n) is 1.10. The van der Waals surface area contributed by atoms with Gasteiger partial charge >= 0.3 is 0 Å². The Hall–Kier alpha value is -1.04. The molecular formula is C11H10ClN3S2. The van der Waals surface area contributed by atoms with Gasteiger partial charge in [-0.1, -0.05) is 59.5 Å². The number of nitrogens with zero attached hydrogens (tertiary/aromatic N) is 2. The Kier molecular flexibility index (Phi) is 4.42. The second-order valence-electron chi connectivity index (χ2n) is 3.17. The maximum atomic E-state index is 5.69. The molecule has 88 valence electrons. The topological polar surface area (TPSA) is 37.8 Å². The molecule has 0 radical (unpaired) electrons. The van der Waals surface area contributed by atoms with Crippen LogP contribution in [0.25, 0.3) is 0 Å². The van der Waals surface area contributed by atoms with Crippen molar-refractivity contribution in [3.8, 4) is 0 Å². The highest BCUT2D eigenvalue weighted by Gasteiger charge is 2.05. The summed E-state index contributed by atoms with van der Waals surface area (Å²) in [5.41, 5.74) is 1.00. The minimum atomic E-state index is 0.614. The molecule has 0 saturated carbocycles. The molecule has 0 spiro atoms. The molecule has 2 aromatic rings. The lowest BCUT2D eigenvalue weighted by molar-refractivity contribution is 1.01. The zero-order valence-electron chi connectivity index (χ0n) is 8.89. The second kappa shape index (κ2) is 6.05. The summed E-state index contributed by atoms with van der Waals surface area (Å²) in [5, 5.41) is 12.7. The number of rotatable bonds is 5. The lowest BCUT2D eigenvalue weighted by atomic mass is 10.3. The van der Waals surface area contributed by atoms with Crippen LogP contribution in [0.15, 0.2) is 46.3 Å². The predicted molar refractivity (Wildman–Crippen MR) is 75.4 cm³/mol. The first-order valence-corrected chi connectivity index (χ1v) is 7.04. The third-order valence-electron chi connectivity index (χ3n) is 1.78. The zero-order valence-corrected chi connectivity index (χ0v) is 11.3. The maximum Gasteiger partial charge on any atom is 0.210 e. The molecule has 1 heterocycles. The van der Waals surface area contributed by atoms with Crippen LogP contribution in [0, 0.1) is 0 Å². The second-order valence-corrected chi connectivity index (χ2v) is 5.90. The molecule has 0 fully saturated rings. The van der Waals surface area contributed by atoms with Crippen LogP contribution in [0.2, 0.25) is 0 Å². The van der Waals surface area contributed by atoms with Crippen molar-refractivity contribution in [2.24, 2.45) is 0 Å². The van der Waals surface area contributed by atoms with E-state index in [9.17, 15) is 0 Å². The van der Waals surface area contributed by atoms with Crippen molar-refractivity contribution in [1.82, 2.24) is 10.2 Å². The first-order chi connectivity index (χ1) is 8.24. The molecule has 0 aliphatic heterocycles. The number of thioether (sulfide) groups is 1. The number of aromatic nitrogens is 2. The summed E-state index contributed by atoms with van der Waals surface area (Å²) < 4.78 is 0.880. The molecule has 1 aromatic heterocycles. The van der Waals surface area contributed by atoms with Crippen molar-refractivity contribution in [2.45, 2.75) is 4.34 Å². The largest absolute Gasteiger partial charge is 0.330 e. The molecule has 1 N–H and O–H groups in total. The predicted octanol–water partition coefficient (Wildman–Crippen LogP) is 4.13. The van der Waals surface area contributed by atoms with E-state index in [1.807, 2.05) is 30.3 Å². The standard InChI is InChI=1S/C11H10ClN3S2/c1-8(12)7-16-11-15-14-10(17-11)13-9-5-3-2-4-6-9/h2-6H,1,7H2,(H,13,14). The molecule has 0 bridgehead atoms. The third kappa shape index (κ3) is 4.03. The number of anilines is 2. The summed E-state index contributed by atoms with van der Waals surface area (Å²) >= 11 is 8.72. The average molecular weight is 284 g/mol. The highest BCUT2D eigenvalue weighted by atomic mass is 35.5. The van der Waals surface area contributed by atoms with E-state index < -0.39 is 0 Å². The molecular weight excluding hydrogens is 274 g/mol. The lowest BCUT2D eigenvalue weighted by Gasteiger charge is -1.99. The molecule has 3 nitrogen and oxygen atoms in total. The Morgan fingerprint density at radius 1 is 1.35 bits per heavy atom. The molecule has 17 heavy (non-hydrogen) atoms. The molecule has 1 aromatic carbocycles. The quantitative estimate of drug-likeness (QED) is 0.838. The molecule has 0 atom stereocenters. The highest BCUT2D eigenvalue weighted by Crippen LogP contribution is 2.28. The van der Waals surface area contributed by atoms with Crippen molar-refractivity contribution < 1.29 is 0 Å². The average Bonchev–Trinajstić information content (AvgIpc) is 2.75. The van der Waals surface area contributed by atoms with Gasteiger partial charge in [-0.05, 0) is 12.1 Å². The highest BCUT2D eigenvalue weighted by molar-refractivity contribution is 8.01. The number of nitrogens with one attached hydrogen (secondary N) is 1. The van der Waals surface area contributed by atoms with Crippen LogP contribution >= 0.6 is 34.7 Å². The van der Waals surface area contributed by atoms with Crippen molar-refractivity contribution in [2.75, 3.05) is 11.1 Å². The Bertz CT molecular complexity index is 498. The van der Waals surface area contributed by atoms with Crippen LogP contribution in [0.3, 0.4) is 0 Å². The van der Waals surface area contributed by atoms with Gasteiger partial charge in [-0.15, -0.1) is 10.2 Å². The van der Waals surface area contributed by atoms with Crippen LogP contribution in [0.5, 0.6) is 0 Å². The van der Waals surface area contributed by atoms with Gasteiger partial charge in [-0.25, -0.2) is 0 Å². The van der Waals surface area contributed by atoms with Gasteiger partial charge in [0.25, 0.3) is 0 Å². The minimum Gasteiger partial charge on any atom is -0.330 e. The lowest BCUT2D eigenvalue weighted by Crippen LogP contribution is -1.87. The first kappa shape index (κ1) is 12.4. The summed E-state index contributed by atoms with van der Waals surface area (Å²) in [4.78, 5) is 0. The summed E-state index contributed by atoms with van der Waals surface area (Å²) in [5.74, 6) is 0.654. The van der Waals surface area contributed by atoms with E-state index in [1.165, 1.54) is 23.1 Å². The monoisotopic (exact) mass is 283 g/mol. The van der Waals surface area contributed by atoms with Crippen LogP contribution in [-0.4, -0.2) is 16.0 Å². The van der Waals surface area contributed by atoms with Crippen molar-refractivity contribution in [3.05, 3.63) is 41.9 Å². The van der Waals surface area contributed by atoms with Gasteiger partial charge in [-0.3, -0.25) is 0 Å². The van der Waals surface area contributed by atoms with Gasteiger partial charge in [-0.2, -0.15) is 0 Å². The van der Waals surface area contributed by atoms with E-state index in [0.717, 1.165) is 15.2 Å². The molecule has 6 heteroatoms. The van der Waals surface area contributed by atoms with Gasteiger partial charge in [0.05, 0.1) is 0 Å². The summed E-state index contributed by atoms with van der Waals surface area (Å²) in [6.45, 7) is 3.63. The number of benzene rings is 1. The Morgan fingerprint density at radius 2 is 2.12 bits per heavy atom. The zero-order chi connectivity index (χ0) is 12.1. The van der Waals surface area contributed by atoms with E-state index in [0.29, 0.717) is 10.8 Å². The smallest absolute Gasteiger partial charge is 0.210 e. The number of halogens is 1. The van der Waals surface area contributed by atoms with Crippen molar-refractivity contribution >= 4 is 45.5 Å². The van der Waals surface area contributed by atoms with E-state index in [-0.39, 0.29) is 0 Å². The maximum absolute atomic E-state index is 5.69. The van der Waals surface area contributed by atoms with Crippen LogP contribution < -0.4 is 5.32 Å². The molecule has 0 unspecified atom stereocenters.